The van der Waals surface area contributed by atoms with E-state index in [1.54, 1.807) is 31.3 Å². The third-order valence-electron chi connectivity index (χ3n) is 3.49. The molecular formula is C18H16FN5O. The minimum atomic E-state index is -0.471. The maximum atomic E-state index is 12.9. The highest BCUT2D eigenvalue weighted by Gasteiger charge is 2.15. The molecule has 0 aliphatic carbocycles. The van der Waals surface area contributed by atoms with Gasteiger partial charge in [0.1, 0.15) is 11.6 Å². The van der Waals surface area contributed by atoms with Gasteiger partial charge in [0.25, 0.3) is 5.91 Å². The molecule has 0 atom stereocenters. The number of hydrogen-bond donors (Lipinski definition) is 2. The third-order valence-corrected chi connectivity index (χ3v) is 3.49. The van der Waals surface area contributed by atoms with Gasteiger partial charge in [-0.2, -0.15) is 0 Å². The molecule has 25 heavy (non-hydrogen) atoms. The minimum absolute atomic E-state index is 0.217. The second-order valence-electron chi connectivity index (χ2n) is 5.43. The summed E-state index contributed by atoms with van der Waals surface area (Å²) in [4.78, 5) is 24.9. The average Bonchev–Trinajstić information content (AvgIpc) is 2.60. The molecule has 3 aromatic rings. The Morgan fingerprint density at radius 1 is 1.04 bits per heavy atom. The van der Waals surface area contributed by atoms with Gasteiger partial charge in [0.15, 0.2) is 5.69 Å². The first-order valence-corrected chi connectivity index (χ1v) is 7.62. The Hall–Kier alpha value is -3.35. The maximum absolute atomic E-state index is 12.9. The van der Waals surface area contributed by atoms with E-state index in [0.29, 0.717) is 11.4 Å². The molecule has 0 bridgehead atoms. The molecule has 7 heteroatoms. The van der Waals surface area contributed by atoms with Crippen molar-refractivity contribution >= 4 is 23.1 Å². The Morgan fingerprint density at radius 2 is 1.88 bits per heavy atom. The van der Waals surface area contributed by atoms with Crippen molar-refractivity contribution in [2.24, 2.45) is 0 Å². The Balaban J connectivity index is 1.89. The molecule has 0 spiro atoms. The maximum Gasteiger partial charge on any atom is 0.277 e. The van der Waals surface area contributed by atoms with Gasteiger partial charge in [0.2, 0.25) is 0 Å². The lowest BCUT2D eigenvalue weighted by molar-refractivity contribution is 0.102. The van der Waals surface area contributed by atoms with E-state index in [4.69, 9.17) is 0 Å². The van der Waals surface area contributed by atoms with Crippen LogP contribution in [-0.2, 0) is 0 Å². The highest BCUT2D eigenvalue weighted by atomic mass is 19.1. The second-order valence-corrected chi connectivity index (χ2v) is 5.43. The highest BCUT2D eigenvalue weighted by molar-refractivity contribution is 6.06. The number of nitrogens with zero attached hydrogens (tertiary/aromatic N) is 3. The first-order valence-electron chi connectivity index (χ1n) is 7.62. The lowest BCUT2D eigenvalue weighted by Gasteiger charge is -2.13. The molecule has 1 amide bonds. The van der Waals surface area contributed by atoms with Crippen LogP contribution in [0.5, 0.6) is 0 Å². The number of aryl methyl sites for hydroxylation is 2. The van der Waals surface area contributed by atoms with Gasteiger partial charge >= 0.3 is 0 Å². The van der Waals surface area contributed by atoms with Crippen LogP contribution in [0.1, 0.15) is 21.9 Å². The SMILES string of the molecule is Cc1ccc(Nc2cccnc2C)c(C(=O)Nc2ccc(F)cn2)n1. The number of hydrogen-bond acceptors (Lipinski definition) is 5. The minimum Gasteiger partial charge on any atom is -0.352 e. The number of amides is 1. The normalized spacial score (nSPS) is 10.4. The zero-order valence-corrected chi connectivity index (χ0v) is 13.7. The van der Waals surface area contributed by atoms with Crippen LogP contribution in [0.25, 0.3) is 0 Å². The fourth-order valence-corrected chi connectivity index (χ4v) is 2.22. The standard InChI is InChI=1S/C18H16FN5O/c1-11-5-7-15(23-14-4-3-9-20-12(14)2)17(22-11)18(25)24-16-8-6-13(19)10-21-16/h3-10,23H,1-2H3,(H,21,24,25). The molecule has 0 saturated heterocycles. The number of nitrogens with one attached hydrogen (secondary N) is 2. The van der Waals surface area contributed by atoms with E-state index in [1.807, 2.05) is 13.0 Å². The largest absolute Gasteiger partial charge is 0.352 e. The number of anilines is 3. The first-order chi connectivity index (χ1) is 12.0. The number of pyridine rings is 3. The molecule has 0 aliphatic heterocycles. The van der Waals surface area contributed by atoms with Gasteiger partial charge in [-0.15, -0.1) is 0 Å². The Labute approximate surface area is 144 Å². The molecule has 0 unspecified atom stereocenters. The van der Waals surface area contributed by atoms with Crippen molar-refractivity contribution in [1.29, 1.82) is 0 Å². The van der Waals surface area contributed by atoms with E-state index in [-0.39, 0.29) is 11.5 Å². The third kappa shape index (κ3) is 3.95. The van der Waals surface area contributed by atoms with Gasteiger partial charge in [0, 0.05) is 11.9 Å². The van der Waals surface area contributed by atoms with Crippen LogP contribution in [0.4, 0.5) is 21.6 Å². The summed E-state index contributed by atoms with van der Waals surface area (Å²) in [7, 11) is 0. The molecule has 0 radical (unpaired) electrons. The smallest absolute Gasteiger partial charge is 0.277 e. The van der Waals surface area contributed by atoms with Crippen LogP contribution in [-0.4, -0.2) is 20.9 Å². The molecule has 0 saturated carbocycles. The topological polar surface area (TPSA) is 79.8 Å². The van der Waals surface area contributed by atoms with E-state index < -0.39 is 11.7 Å². The summed E-state index contributed by atoms with van der Waals surface area (Å²) in [6.07, 6.45) is 2.74. The summed E-state index contributed by atoms with van der Waals surface area (Å²) in [6, 6.07) is 9.87. The lowest BCUT2D eigenvalue weighted by atomic mass is 10.2. The van der Waals surface area contributed by atoms with Crippen molar-refractivity contribution in [3.8, 4) is 0 Å². The van der Waals surface area contributed by atoms with Crippen LogP contribution in [0, 0.1) is 19.7 Å². The van der Waals surface area contributed by atoms with Crippen molar-refractivity contribution in [2.75, 3.05) is 10.6 Å². The van der Waals surface area contributed by atoms with Crippen LogP contribution < -0.4 is 10.6 Å². The molecular weight excluding hydrogens is 321 g/mol. The summed E-state index contributed by atoms with van der Waals surface area (Å²) in [5.74, 6) is -0.661. The summed E-state index contributed by atoms with van der Waals surface area (Å²) in [6.45, 7) is 3.66. The van der Waals surface area contributed by atoms with E-state index in [9.17, 15) is 9.18 Å². The van der Waals surface area contributed by atoms with Gasteiger partial charge in [-0.1, -0.05) is 0 Å². The Bertz CT molecular complexity index is 912. The zero-order valence-electron chi connectivity index (χ0n) is 13.7. The first kappa shape index (κ1) is 16.5. The lowest BCUT2D eigenvalue weighted by Crippen LogP contribution is -2.17. The molecule has 0 aliphatic rings. The van der Waals surface area contributed by atoms with Crippen LogP contribution >= 0.6 is 0 Å². The zero-order chi connectivity index (χ0) is 17.8. The number of rotatable bonds is 4. The molecule has 0 aromatic carbocycles. The summed E-state index contributed by atoms with van der Waals surface area (Å²) in [5.41, 5.74) is 3.04. The molecule has 126 valence electrons. The van der Waals surface area contributed by atoms with Crippen molar-refractivity contribution in [3.05, 3.63) is 71.7 Å². The fourth-order valence-electron chi connectivity index (χ4n) is 2.22. The molecule has 0 fully saturated rings. The van der Waals surface area contributed by atoms with Crippen LogP contribution in [0.3, 0.4) is 0 Å². The molecule has 3 rings (SSSR count). The van der Waals surface area contributed by atoms with Crippen LogP contribution in [0.2, 0.25) is 0 Å². The second kappa shape index (κ2) is 7.04. The Morgan fingerprint density at radius 3 is 2.60 bits per heavy atom. The number of aromatic nitrogens is 3. The van der Waals surface area contributed by atoms with Gasteiger partial charge < -0.3 is 10.6 Å². The molecule has 3 heterocycles. The van der Waals surface area contributed by atoms with Crippen molar-refractivity contribution < 1.29 is 9.18 Å². The van der Waals surface area contributed by atoms with Crippen molar-refractivity contribution in [1.82, 2.24) is 15.0 Å². The van der Waals surface area contributed by atoms with E-state index in [0.717, 1.165) is 17.6 Å². The molecule has 6 nitrogen and oxygen atoms in total. The van der Waals surface area contributed by atoms with Gasteiger partial charge in [-0.25, -0.2) is 14.4 Å². The van der Waals surface area contributed by atoms with Crippen molar-refractivity contribution in [2.45, 2.75) is 13.8 Å². The van der Waals surface area contributed by atoms with Crippen molar-refractivity contribution in [3.63, 3.8) is 0 Å². The summed E-state index contributed by atoms with van der Waals surface area (Å²) < 4.78 is 12.9. The fraction of sp³-hybridized carbons (Fsp3) is 0.111. The van der Waals surface area contributed by atoms with Gasteiger partial charge in [-0.3, -0.25) is 9.78 Å². The monoisotopic (exact) mass is 337 g/mol. The van der Waals surface area contributed by atoms with Gasteiger partial charge in [0.05, 0.1) is 23.3 Å². The van der Waals surface area contributed by atoms with E-state index >= 15 is 0 Å². The Kier molecular flexibility index (Phi) is 4.65. The summed E-state index contributed by atoms with van der Waals surface area (Å²) >= 11 is 0. The van der Waals surface area contributed by atoms with E-state index in [2.05, 4.69) is 25.6 Å². The number of carbonyl (C=O) groups excluding carboxylic acids is 1. The predicted octanol–water partition coefficient (Wildman–Crippen LogP) is 3.62. The van der Waals surface area contributed by atoms with E-state index in [1.165, 1.54) is 12.1 Å². The van der Waals surface area contributed by atoms with Gasteiger partial charge in [-0.05, 0) is 50.2 Å². The number of carbonyl (C=O) groups is 1. The van der Waals surface area contributed by atoms with Crippen LogP contribution in [0.15, 0.2) is 48.8 Å². The average molecular weight is 337 g/mol. The highest BCUT2D eigenvalue weighted by Crippen LogP contribution is 2.22. The predicted molar refractivity (Wildman–Crippen MR) is 93.4 cm³/mol. The summed E-state index contributed by atoms with van der Waals surface area (Å²) in [5, 5.41) is 5.80. The quantitative estimate of drug-likeness (QED) is 0.760. The number of halogens is 1. The molecule has 2 N–H and O–H groups in total. The molecule has 3 aromatic heterocycles.